The van der Waals surface area contributed by atoms with Gasteiger partial charge in [0.15, 0.2) is 0 Å². The van der Waals surface area contributed by atoms with Crippen molar-refractivity contribution in [1.29, 1.82) is 0 Å². The summed E-state index contributed by atoms with van der Waals surface area (Å²) in [6.07, 6.45) is 7.86. The first-order chi connectivity index (χ1) is 8.63. The molecule has 1 aliphatic rings. The van der Waals surface area contributed by atoms with Crippen molar-refractivity contribution in [2.75, 3.05) is 0 Å². The molecule has 2 rings (SSSR count). The summed E-state index contributed by atoms with van der Waals surface area (Å²) in [7, 11) is 0. The Labute approximate surface area is 119 Å². The van der Waals surface area contributed by atoms with Crippen LogP contribution >= 0.6 is 23.2 Å². The van der Waals surface area contributed by atoms with Gasteiger partial charge in [-0.2, -0.15) is 0 Å². The topological polar surface area (TPSA) is 38.9 Å². The Balaban J connectivity index is 2.20. The molecule has 0 aliphatic heterocycles. The van der Waals surface area contributed by atoms with E-state index >= 15 is 0 Å². The van der Waals surface area contributed by atoms with Crippen LogP contribution in [0.1, 0.15) is 50.8 Å². The van der Waals surface area contributed by atoms with Crippen molar-refractivity contribution < 1.29 is 0 Å². The maximum absolute atomic E-state index is 6.40. The lowest BCUT2D eigenvalue weighted by molar-refractivity contribution is 0.194. The van der Waals surface area contributed by atoms with E-state index in [1.807, 2.05) is 0 Å². The second kappa shape index (κ2) is 6.23. The molecular weight excluding hydrogens is 267 g/mol. The molecule has 0 spiro atoms. The third-order valence-corrected chi connectivity index (χ3v) is 4.61. The molecule has 1 heterocycles. The van der Waals surface area contributed by atoms with Crippen LogP contribution in [0, 0.1) is 11.8 Å². The molecule has 2 N–H and O–H groups in total. The maximum Gasteiger partial charge on any atom is 0.0760 e. The summed E-state index contributed by atoms with van der Waals surface area (Å²) in [5.74, 6) is 1.19. The maximum atomic E-state index is 6.40. The minimum absolute atomic E-state index is 0.0694. The molecule has 0 radical (unpaired) electrons. The van der Waals surface area contributed by atoms with E-state index in [1.165, 1.54) is 32.1 Å². The highest BCUT2D eigenvalue weighted by Crippen LogP contribution is 2.40. The van der Waals surface area contributed by atoms with Crippen LogP contribution < -0.4 is 5.73 Å². The van der Waals surface area contributed by atoms with Crippen LogP contribution in [0.15, 0.2) is 12.3 Å². The predicted octanol–water partition coefficient (Wildman–Crippen LogP) is 4.60. The molecule has 18 heavy (non-hydrogen) atoms. The van der Waals surface area contributed by atoms with E-state index in [4.69, 9.17) is 28.9 Å². The monoisotopic (exact) mass is 286 g/mol. The molecule has 1 aliphatic carbocycles. The van der Waals surface area contributed by atoms with Gasteiger partial charge in [-0.15, -0.1) is 0 Å². The van der Waals surface area contributed by atoms with E-state index in [-0.39, 0.29) is 6.04 Å². The zero-order chi connectivity index (χ0) is 13.1. The highest BCUT2D eigenvalue weighted by Gasteiger charge is 2.31. The molecule has 3 atom stereocenters. The first kappa shape index (κ1) is 14.1. The van der Waals surface area contributed by atoms with Gasteiger partial charge >= 0.3 is 0 Å². The molecule has 1 aromatic heterocycles. The van der Waals surface area contributed by atoms with Gasteiger partial charge in [-0.1, -0.05) is 55.8 Å². The number of hydrogen-bond acceptors (Lipinski definition) is 2. The average Bonchev–Trinajstić information content (AvgIpc) is 2.38. The normalized spacial score (nSPS) is 26.0. The van der Waals surface area contributed by atoms with Gasteiger partial charge in [0.1, 0.15) is 0 Å². The standard InChI is InChI=1S/C14H20Cl2N2/c1-2-9-5-3-4-6-11(9)13(17)14-12(16)7-10(15)8-18-14/h7-9,11,13H,2-6,17H2,1H3. The third kappa shape index (κ3) is 2.98. The molecule has 0 saturated heterocycles. The Morgan fingerprint density at radius 1 is 1.39 bits per heavy atom. The molecule has 0 bridgehead atoms. The molecule has 1 fully saturated rings. The van der Waals surface area contributed by atoms with Crippen LogP contribution in [0.3, 0.4) is 0 Å². The summed E-state index contributed by atoms with van der Waals surface area (Å²) < 4.78 is 0. The molecule has 3 unspecified atom stereocenters. The van der Waals surface area contributed by atoms with Crippen molar-refractivity contribution in [1.82, 2.24) is 4.98 Å². The van der Waals surface area contributed by atoms with E-state index in [2.05, 4.69) is 11.9 Å². The van der Waals surface area contributed by atoms with Gasteiger partial charge in [-0.25, -0.2) is 0 Å². The molecule has 100 valence electrons. The van der Waals surface area contributed by atoms with Crippen LogP contribution in [0.4, 0.5) is 0 Å². The van der Waals surface area contributed by atoms with Gasteiger partial charge < -0.3 is 5.73 Å². The molecule has 0 aromatic carbocycles. The lowest BCUT2D eigenvalue weighted by atomic mass is 9.73. The predicted molar refractivity (Wildman–Crippen MR) is 76.9 cm³/mol. The smallest absolute Gasteiger partial charge is 0.0760 e. The van der Waals surface area contributed by atoms with Crippen molar-refractivity contribution in [3.63, 3.8) is 0 Å². The Bertz CT molecular complexity index is 409. The number of nitrogens with zero attached hydrogens (tertiary/aromatic N) is 1. The van der Waals surface area contributed by atoms with E-state index in [1.54, 1.807) is 12.3 Å². The lowest BCUT2D eigenvalue weighted by Crippen LogP contribution is -2.31. The molecule has 4 heteroatoms. The molecular formula is C14H20Cl2N2. The minimum Gasteiger partial charge on any atom is -0.322 e. The highest BCUT2D eigenvalue weighted by atomic mass is 35.5. The van der Waals surface area contributed by atoms with Gasteiger partial charge in [-0.05, 0) is 24.3 Å². The second-order valence-corrected chi connectivity index (χ2v) is 6.01. The highest BCUT2D eigenvalue weighted by molar-refractivity contribution is 6.34. The number of hydrogen-bond donors (Lipinski definition) is 1. The summed E-state index contributed by atoms with van der Waals surface area (Å²) in [6, 6.07) is 1.66. The minimum atomic E-state index is -0.0694. The third-order valence-electron chi connectivity index (χ3n) is 4.11. The zero-order valence-corrected chi connectivity index (χ0v) is 12.2. The second-order valence-electron chi connectivity index (χ2n) is 5.16. The van der Waals surface area contributed by atoms with Gasteiger partial charge in [0, 0.05) is 6.20 Å². The van der Waals surface area contributed by atoms with Crippen LogP contribution in [-0.2, 0) is 0 Å². The molecule has 1 aromatic rings. The van der Waals surface area contributed by atoms with Gasteiger partial charge in [0.25, 0.3) is 0 Å². The van der Waals surface area contributed by atoms with Crippen molar-refractivity contribution in [3.05, 3.63) is 28.0 Å². The average molecular weight is 287 g/mol. The number of rotatable bonds is 3. The quantitative estimate of drug-likeness (QED) is 0.882. The Kier molecular flexibility index (Phi) is 4.88. The first-order valence-corrected chi connectivity index (χ1v) is 7.45. The number of nitrogens with two attached hydrogens (primary N) is 1. The lowest BCUT2D eigenvalue weighted by Gasteiger charge is -2.35. The number of halogens is 2. The van der Waals surface area contributed by atoms with E-state index in [0.717, 1.165) is 5.69 Å². The van der Waals surface area contributed by atoms with Gasteiger partial charge in [-0.3, -0.25) is 4.98 Å². The fourth-order valence-electron chi connectivity index (χ4n) is 3.09. The van der Waals surface area contributed by atoms with Crippen LogP contribution in [0.5, 0.6) is 0 Å². The van der Waals surface area contributed by atoms with Crippen molar-refractivity contribution in [2.24, 2.45) is 17.6 Å². The van der Waals surface area contributed by atoms with E-state index in [9.17, 15) is 0 Å². The number of pyridine rings is 1. The Morgan fingerprint density at radius 3 is 2.78 bits per heavy atom. The van der Waals surface area contributed by atoms with Crippen molar-refractivity contribution >= 4 is 23.2 Å². The Hall–Kier alpha value is -0.310. The van der Waals surface area contributed by atoms with Gasteiger partial charge in [0.05, 0.1) is 21.8 Å². The largest absolute Gasteiger partial charge is 0.322 e. The fraction of sp³-hybridized carbons (Fsp3) is 0.643. The number of aromatic nitrogens is 1. The summed E-state index contributed by atoms with van der Waals surface area (Å²) in [6.45, 7) is 2.24. The summed E-state index contributed by atoms with van der Waals surface area (Å²) in [5.41, 5.74) is 7.19. The fourth-order valence-corrected chi connectivity index (χ4v) is 3.60. The SMILES string of the molecule is CCC1CCCCC1C(N)c1ncc(Cl)cc1Cl. The molecule has 2 nitrogen and oxygen atoms in total. The van der Waals surface area contributed by atoms with E-state index in [0.29, 0.717) is 21.9 Å². The first-order valence-electron chi connectivity index (χ1n) is 6.70. The summed E-state index contributed by atoms with van der Waals surface area (Å²) in [4.78, 5) is 4.33. The van der Waals surface area contributed by atoms with Crippen molar-refractivity contribution in [3.8, 4) is 0 Å². The molecule has 0 amide bonds. The Morgan fingerprint density at radius 2 is 2.11 bits per heavy atom. The zero-order valence-electron chi connectivity index (χ0n) is 10.7. The van der Waals surface area contributed by atoms with E-state index < -0.39 is 0 Å². The summed E-state index contributed by atoms with van der Waals surface area (Å²) in [5, 5.41) is 1.15. The molecule has 1 saturated carbocycles. The van der Waals surface area contributed by atoms with Crippen LogP contribution in [-0.4, -0.2) is 4.98 Å². The van der Waals surface area contributed by atoms with Crippen molar-refractivity contribution in [2.45, 2.75) is 45.1 Å². The van der Waals surface area contributed by atoms with Crippen LogP contribution in [0.2, 0.25) is 10.0 Å². The van der Waals surface area contributed by atoms with Crippen LogP contribution in [0.25, 0.3) is 0 Å². The summed E-state index contributed by atoms with van der Waals surface area (Å²) >= 11 is 12.1. The van der Waals surface area contributed by atoms with Gasteiger partial charge in [0.2, 0.25) is 0 Å².